The van der Waals surface area contributed by atoms with Crippen LogP contribution in [0.2, 0.25) is 0 Å². The number of nitrogens with zero attached hydrogens (tertiary/aromatic N) is 3. The number of ether oxygens (including phenoxy) is 1. The molecule has 2 aromatic heterocycles. The van der Waals surface area contributed by atoms with Gasteiger partial charge in [0.2, 0.25) is 17.6 Å². The number of rotatable bonds is 8. The maximum atomic E-state index is 12.3. The number of thiophene rings is 1. The zero-order valence-corrected chi connectivity index (χ0v) is 15.3. The van der Waals surface area contributed by atoms with E-state index in [-0.39, 0.29) is 18.1 Å². The molecule has 1 amide bonds. The van der Waals surface area contributed by atoms with Crippen molar-refractivity contribution >= 4 is 17.2 Å². The van der Waals surface area contributed by atoms with E-state index in [2.05, 4.69) is 14.9 Å². The van der Waals surface area contributed by atoms with Gasteiger partial charge in [-0.1, -0.05) is 17.3 Å². The number of carbonyl (C=O) groups excluding carboxylic acids is 1. The van der Waals surface area contributed by atoms with Crippen LogP contribution in [0.15, 0.2) is 45.6 Å². The number of alkyl halides is 2. The average molecular weight is 393 g/mol. The molecule has 0 aliphatic carbocycles. The van der Waals surface area contributed by atoms with Crippen molar-refractivity contribution in [1.29, 1.82) is 0 Å². The quantitative estimate of drug-likeness (QED) is 0.579. The largest absolute Gasteiger partial charge is 0.435 e. The predicted molar refractivity (Wildman–Crippen MR) is 95.5 cm³/mol. The van der Waals surface area contributed by atoms with Gasteiger partial charge in [-0.3, -0.25) is 4.79 Å². The highest BCUT2D eigenvalue weighted by atomic mass is 32.1. The van der Waals surface area contributed by atoms with Crippen molar-refractivity contribution in [2.24, 2.45) is 0 Å². The fourth-order valence-electron chi connectivity index (χ4n) is 2.41. The minimum absolute atomic E-state index is 0.0838. The van der Waals surface area contributed by atoms with Crippen LogP contribution in [0.25, 0.3) is 11.4 Å². The minimum Gasteiger partial charge on any atom is -0.435 e. The molecule has 27 heavy (non-hydrogen) atoms. The Morgan fingerprint density at radius 3 is 2.74 bits per heavy atom. The van der Waals surface area contributed by atoms with Crippen molar-refractivity contribution in [2.45, 2.75) is 26.0 Å². The summed E-state index contributed by atoms with van der Waals surface area (Å²) in [6, 6.07) is 8.09. The van der Waals surface area contributed by atoms with Crippen LogP contribution in [0.4, 0.5) is 8.78 Å². The Balaban J connectivity index is 1.49. The summed E-state index contributed by atoms with van der Waals surface area (Å²) in [4.78, 5) is 18.1. The smallest absolute Gasteiger partial charge is 0.387 e. The molecule has 1 aromatic carbocycles. The van der Waals surface area contributed by atoms with Crippen molar-refractivity contribution in [3.05, 3.63) is 52.5 Å². The number of hydrogen-bond acceptors (Lipinski definition) is 6. The van der Waals surface area contributed by atoms with Crippen LogP contribution in [-0.4, -0.2) is 34.6 Å². The lowest BCUT2D eigenvalue weighted by Crippen LogP contribution is -2.26. The van der Waals surface area contributed by atoms with Crippen molar-refractivity contribution in [1.82, 2.24) is 15.0 Å². The fourth-order valence-corrected chi connectivity index (χ4v) is 3.04. The molecule has 0 aliphatic heterocycles. The molecule has 0 radical (unpaired) electrons. The fraction of sp³-hybridized carbons (Fsp3) is 0.278. The summed E-state index contributed by atoms with van der Waals surface area (Å²) < 4.78 is 33.8. The van der Waals surface area contributed by atoms with Gasteiger partial charge in [-0.15, -0.1) is 0 Å². The Bertz CT molecular complexity index is 866. The van der Waals surface area contributed by atoms with Crippen LogP contribution >= 0.6 is 11.3 Å². The van der Waals surface area contributed by atoms with Crippen LogP contribution in [0.1, 0.15) is 17.9 Å². The van der Waals surface area contributed by atoms with Gasteiger partial charge >= 0.3 is 6.61 Å². The van der Waals surface area contributed by atoms with E-state index in [1.165, 1.54) is 12.1 Å². The van der Waals surface area contributed by atoms with Gasteiger partial charge in [-0.2, -0.15) is 25.1 Å². The molecule has 0 bridgehead atoms. The van der Waals surface area contributed by atoms with E-state index in [1.807, 2.05) is 16.8 Å². The Labute approximate surface area is 158 Å². The molecular weight excluding hydrogens is 376 g/mol. The SMILES string of the molecule is CN(Cc1ccc(OC(F)F)cc1)C(=O)CCc1nc(-c2ccsc2)no1. The summed E-state index contributed by atoms with van der Waals surface area (Å²) in [6.07, 6.45) is 0.579. The zero-order valence-electron chi connectivity index (χ0n) is 14.5. The first kappa shape index (κ1) is 19.0. The Morgan fingerprint density at radius 1 is 1.30 bits per heavy atom. The van der Waals surface area contributed by atoms with Crippen LogP contribution in [0.3, 0.4) is 0 Å². The summed E-state index contributed by atoms with van der Waals surface area (Å²) >= 11 is 1.54. The number of halogens is 2. The normalized spacial score (nSPS) is 11.0. The number of amides is 1. The monoisotopic (exact) mass is 393 g/mol. The second kappa shape index (κ2) is 8.72. The molecule has 0 atom stereocenters. The summed E-state index contributed by atoms with van der Waals surface area (Å²) in [5.74, 6) is 0.920. The molecule has 0 saturated heterocycles. The maximum absolute atomic E-state index is 12.3. The van der Waals surface area contributed by atoms with E-state index in [1.54, 1.807) is 35.4 Å². The van der Waals surface area contributed by atoms with E-state index in [4.69, 9.17) is 4.52 Å². The van der Waals surface area contributed by atoms with Gasteiger partial charge in [-0.05, 0) is 29.1 Å². The van der Waals surface area contributed by atoms with Gasteiger partial charge in [0.05, 0.1) is 0 Å². The third-order valence-corrected chi connectivity index (χ3v) is 4.48. The van der Waals surface area contributed by atoms with Crippen molar-refractivity contribution in [3.8, 4) is 17.1 Å². The number of carbonyl (C=O) groups is 1. The van der Waals surface area contributed by atoms with Gasteiger partial charge in [0.25, 0.3) is 0 Å². The molecule has 0 saturated carbocycles. The van der Waals surface area contributed by atoms with Crippen molar-refractivity contribution in [2.75, 3.05) is 7.05 Å². The van der Waals surface area contributed by atoms with E-state index in [0.29, 0.717) is 24.7 Å². The lowest BCUT2D eigenvalue weighted by Gasteiger charge is -2.17. The second-order valence-corrected chi connectivity index (χ2v) is 6.58. The van der Waals surface area contributed by atoms with Gasteiger partial charge in [-0.25, -0.2) is 0 Å². The van der Waals surface area contributed by atoms with Gasteiger partial charge < -0.3 is 14.2 Å². The molecule has 0 fully saturated rings. The summed E-state index contributed by atoms with van der Waals surface area (Å²) in [6.45, 7) is -2.50. The molecule has 6 nitrogen and oxygen atoms in total. The number of aryl methyl sites for hydroxylation is 1. The van der Waals surface area contributed by atoms with Crippen LogP contribution in [-0.2, 0) is 17.8 Å². The molecular formula is C18H17F2N3O3S. The van der Waals surface area contributed by atoms with Crippen molar-refractivity contribution in [3.63, 3.8) is 0 Å². The Kier molecular flexibility index (Phi) is 6.12. The third kappa shape index (κ3) is 5.33. The highest BCUT2D eigenvalue weighted by molar-refractivity contribution is 7.08. The molecule has 142 valence electrons. The zero-order chi connectivity index (χ0) is 19.2. The summed E-state index contributed by atoms with van der Waals surface area (Å²) in [5.41, 5.74) is 1.70. The molecule has 2 heterocycles. The first-order valence-corrected chi connectivity index (χ1v) is 9.08. The third-order valence-electron chi connectivity index (χ3n) is 3.79. The van der Waals surface area contributed by atoms with Crippen LogP contribution in [0.5, 0.6) is 5.75 Å². The lowest BCUT2D eigenvalue weighted by atomic mass is 10.2. The average Bonchev–Trinajstić information content (AvgIpc) is 3.32. The van der Waals surface area contributed by atoms with E-state index in [0.717, 1.165) is 11.1 Å². The van der Waals surface area contributed by atoms with Gasteiger partial charge in [0, 0.05) is 37.4 Å². The molecule has 3 rings (SSSR count). The second-order valence-electron chi connectivity index (χ2n) is 5.80. The van der Waals surface area contributed by atoms with Crippen LogP contribution < -0.4 is 4.74 Å². The number of aromatic nitrogens is 2. The first-order valence-electron chi connectivity index (χ1n) is 8.14. The van der Waals surface area contributed by atoms with Crippen LogP contribution in [0, 0.1) is 0 Å². The molecule has 3 aromatic rings. The van der Waals surface area contributed by atoms with E-state index >= 15 is 0 Å². The van der Waals surface area contributed by atoms with Gasteiger partial charge in [0.15, 0.2) is 0 Å². The molecule has 0 spiro atoms. The number of benzene rings is 1. The minimum atomic E-state index is -2.86. The molecule has 0 unspecified atom stereocenters. The molecule has 0 N–H and O–H groups in total. The Hall–Kier alpha value is -2.81. The Morgan fingerprint density at radius 2 is 2.07 bits per heavy atom. The molecule has 9 heteroatoms. The van der Waals surface area contributed by atoms with E-state index in [9.17, 15) is 13.6 Å². The standard InChI is InChI=1S/C18H17F2N3O3S/c1-23(10-12-2-4-14(5-3-12)25-18(19)20)16(24)7-6-15-21-17(22-26-15)13-8-9-27-11-13/h2-5,8-9,11,18H,6-7,10H2,1H3. The summed E-state index contributed by atoms with van der Waals surface area (Å²) in [7, 11) is 1.68. The topological polar surface area (TPSA) is 68.5 Å². The predicted octanol–water partition coefficient (Wildman–Crippen LogP) is 3.99. The van der Waals surface area contributed by atoms with Gasteiger partial charge in [0.1, 0.15) is 5.75 Å². The first-order chi connectivity index (χ1) is 13.0. The number of hydrogen-bond donors (Lipinski definition) is 0. The lowest BCUT2D eigenvalue weighted by molar-refractivity contribution is -0.130. The van der Waals surface area contributed by atoms with Crippen molar-refractivity contribution < 1.29 is 22.8 Å². The maximum Gasteiger partial charge on any atom is 0.387 e. The van der Waals surface area contributed by atoms with E-state index < -0.39 is 6.61 Å². The highest BCUT2D eigenvalue weighted by Crippen LogP contribution is 2.19. The molecule has 0 aliphatic rings. The highest BCUT2D eigenvalue weighted by Gasteiger charge is 2.14. The summed E-state index contributed by atoms with van der Waals surface area (Å²) in [5, 5.41) is 7.76.